The van der Waals surface area contributed by atoms with Crippen LogP contribution in [0.5, 0.6) is 0 Å². The standard InChI is InChI=1S/C19H16ClN5O5S3.CH4O3S/c1-33(28,29)19-24-15(23-16(26)12-6-7-13(20)31-12)14(32-19)17(27)22-10-2-4-11(5-3-10)25-8-9-30-18(25)21;1-5(2,3)4/h2-7,21H,8-9H2,1H3,(H,22,27)(H,23,26);1H3,(H,2,3,4). The number of benzene rings is 1. The molecule has 1 saturated heterocycles. The zero-order valence-corrected chi connectivity index (χ0v) is 23.6. The third kappa shape index (κ3) is 8.20. The molecule has 0 spiro atoms. The van der Waals surface area contributed by atoms with Gasteiger partial charge in [-0.3, -0.25) is 24.5 Å². The molecule has 0 saturated carbocycles. The summed E-state index contributed by atoms with van der Waals surface area (Å²) in [5, 5.41) is 12.9. The number of sulfone groups is 1. The maximum absolute atomic E-state index is 12.9. The van der Waals surface area contributed by atoms with Gasteiger partial charge in [-0.1, -0.05) is 22.9 Å². The molecule has 4 N–H and O–H groups in total. The number of carbonyl (C=O) groups excluding carboxylic acids is 2. The zero-order chi connectivity index (χ0) is 28.3. The molecule has 2 aromatic heterocycles. The lowest BCUT2D eigenvalue weighted by Gasteiger charge is -2.15. The smallest absolute Gasteiger partial charge is 0.289 e. The number of thiophene rings is 1. The highest BCUT2D eigenvalue weighted by molar-refractivity contribution is 7.92. The van der Waals surface area contributed by atoms with Crippen molar-refractivity contribution in [1.82, 2.24) is 4.98 Å². The van der Waals surface area contributed by atoms with Crippen LogP contribution in [0, 0.1) is 5.41 Å². The molecule has 13 nitrogen and oxygen atoms in total. The van der Waals surface area contributed by atoms with Gasteiger partial charge in [-0.05, 0) is 36.4 Å². The summed E-state index contributed by atoms with van der Waals surface area (Å²) in [6.07, 6.45) is 1.68. The lowest BCUT2D eigenvalue weighted by molar-refractivity contribution is 0.102. The van der Waals surface area contributed by atoms with Crippen LogP contribution in [0.2, 0.25) is 4.34 Å². The Bertz CT molecular complexity index is 1580. The fraction of sp³-hybridized carbons (Fsp3) is 0.200. The molecule has 1 fully saturated rings. The molecule has 1 aliphatic heterocycles. The molecule has 0 atom stereocenters. The average Bonchev–Trinajstić information content (AvgIpc) is 3.53. The van der Waals surface area contributed by atoms with Crippen molar-refractivity contribution in [2.45, 2.75) is 4.34 Å². The monoisotopic (exact) mass is 621 g/mol. The zero-order valence-electron chi connectivity index (χ0n) is 19.6. The van der Waals surface area contributed by atoms with Gasteiger partial charge in [-0.2, -0.15) is 8.42 Å². The van der Waals surface area contributed by atoms with Gasteiger partial charge in [0, 0.05) is 17.6 Å². The van der Waals surface area contributed by atoms with Crippen molar-refractivity contribution in [2.75, 3.05) is 41.2 Å². The van der Waals surface area contributed by atoms with Gasteiger partial charge in [-0.15, -0.1) is 11.3 Å². The van der Waals surface area contributed by atoms with Gasteiger partial charge in [0.25, 0.3) is 28.0 Å². The van der Waals surface area contributed by atoms with E-state index in [9.17, 15) is 26.4 Å². The fourth-order valence-corrected chi connectivity index (χ4v) is 5.57. The highest BCUT2D eigenvalue weighted by atomic mass is 35.5. The minimum Gasteiger partial charge on any atom is -0.463 e. The number of aromatic nitrogens is 1. The first-order chi connectivity index (χ1) is 17.6. The van der Waals surface area contributed by atoms with Gasteiger partial charge >= 0.3 is 0 Å². The minimum atomic E-state index is -3.71. The van der Waals surface area contributed by atoms with Crippen molar-refractivity contribution >= 4 is 89.3 Å². The molecule has 2 amide bonds. The van der Waals surface area contributed by atoms with E-state index in [1.54, 1.807) is 35.2 Å². The summed E-state index contributed by atoms with van der Waals surface area (Å²) in [4.78, 5) is 31.3. The number of nitrogens with one attached hydrogen (secondary N) is 3. The van der Waals surface area contributed by atoms with Gasteiger partial charge < -0.3 is 15.4 Å². The molecule has 204 valence electrons. The molecule has 38 heavy (non-hydrogen) atoms. The van der Waals surface area contributed by atoms with E-state index < -0.39 is 31.8 Å². The number of nitrogens with zero attached hydrogens (tertiary/aromatic N) is 2. The number of hydrogen-bond acceptors (Lipinski definition) is 11. The van der Waals surface area contributed by atoms with Crippen molar-refractivity contribution in [1.29, 1.82) is 5.41 Å². The van der Waals surface area contributed by atoms with Crippen molar-refractivity contribution in [3.63, 3.8) is 0 Å². The Hall–Kier alpha value is -3.09. The molecule has 18 heteroatoms. The Morgan fingerprint density at radius 2 is 1.68 bits per heavy atom. The molecule has 0 bridgehead atoms. The van der Waals surface area contributed by atoms with Crippen molar-refractivity contribution in [2.24, 2.45) is 0 Å². The van der Waals surface area contributed by atoms with Crippen molar-refractivity contribution < 1.29 is 35.7 Å². The van der Waals surface area contributed by atoms with Crippen LogP contribution < -0.4 is 15.5 Å². The number of amides is 2. The minimum absolute atomic E-state index is 0.0529. The van der Waals surface area contributed by atoms with Gasteiger partial charge in [0.05, 0.1) is 22.0 Å². The molecule has 1 aliphatic rings. The lowest BCUT2D eigenvalue weighted by Crippen LogP contribution is -2.23. The normalized spacial score (nSPS) is 13.4. The van der Waals surface area contributed by atoms with E-state index in [1.807, 2.05) is 0 Å². The second-order valence-corrected chi connectivity index (χ2v) is 13.9. The van der Waals surface area contributed by atoms with Crippen LogP contribution >= 0.6 is 34.3 Å². The SMILES string of the molecule is CS(=O)(=O)O.CS(=O)(=O)c1nc(NC(=O)c2ccc(Cl)s2)c(C(=O)Nc2ccc(N3CCOC3=N)cc2)s1. The third-order valence-electron chi connectivity index (χ3n) is 4.40. The Morgan fingerprint density at radius 1 is 1.05 bits per heavy atom. The summed E-state index contributed by atoms with van der Waals surface area (Å²) in [6.45, 7) is 0.982. The molecular weight excluding hydrogens is 602 g/mol. The molecule has 4 rings (SSSR count). The van der Waals surface area contributed by atoms with E-state index in [0.29, 0.717) is 40.8 Å². The molecule has 1 aromatic carbocycles. The van der Waals surface area contributed by atoms with Gasteiger partial charge in [0.15, 0.2) is 5.82 Å². The first-order valence-corrected chi connectivity index (χ1v) is 16.0. The van der Waals surface area contributed by atoms with Crippen LogP contribution in [0.1, 0.15) is 19.3 Å². The van der Waals surface area contributed by atoms with Gasteiger partial charge in [0.2, 0.25) is 14.2 Å². The van der Waals surface area contributed by atoms with Gasteiger partial charge in [0.1, 0.15) is 11.5 Å². The quantitative estimate of drug-likeness (QED) is 0.297. The van der Waals surface area contributed by atoms with E-state index in [0.717, 1.165) is 23.3 Å². The summed E-state index contributed by atoms with van der Waals surface area (Å²) < 4.78 is 55.1. The van der Waals surface area contributed by atoms with Crippen molar-refractivity contribution in [3.05, 3.63) is 50.5 Å². The van der Waals surface area contributed by atoms with Crippen LogP contribution in [0.25, 0.3) is 0 Å². The highest BCUT2D eigenvalue weighted by Crippen LogP contribution is 2.30. The van der Waals surface area contributed by atoms with Gasteiger partial charge in [-0.25, -0.2) is 13.4 Å². The highest BCUT2D eigenvalue weighted by Gasteiger charge is 2.25. The number of halogens is 1. The second kappa shape index (κ2) is 11.7. The maximum atomic E-state index is 12.9. The fourth-order valence-electron chi connectivity index (χ4n) is 2.88. The number of rotatable bonds is 6. The number of amidine groups is 1. The summed E-state index contributed by atoms with van der Waals surface area (Å²) >= 11 is 7.56. The van der Waals surface area contributed by atoms with Crippen LogP contribution in [0.3, 0.4) is 0 Å². The Labute approximate surface area is 230 Å². The van der Waals surface area contributed by atoms with E-state index >= 15 is 0 Å². The van der Waals surface area contributed by atoms with E-state index in [-0.39, 0.29) is 25.9 Å². The van der Waals surface area contributed by atoms with Crippen LogP contribution in [-0.2, 0) is 24.7 Å². The Morgan fingerprint density at radius 3 is 2.18 bits per heavy atom. The Balaban J connectivity index is 0.000000732. The van der Waals surface area contributed by atoms with Crippen LogP contribution in [0.4, 0.5) is 17.2 Å². The summed E-state index contributed by atoms with van der Waals surface area (Å²) in [6, 6.07) is 9.84. The lowest BCUT2D eigenvalue weighted by atomic mass is 10.2. The molecule has 3 heterocycles. The molecule has 0 aliphatic carbocycles. The van der Waals surface area contributed by atoms with Crippen LogP contribution in [0.15, 0.2) is 40.7 Å². The van der Waals surface area contributed by atoms with E-state index in [2.05, 4.69) is 15.6 Å². The summed E-state index contributed by atoms with van der Waals surface area (Å²) in [7, 11) is -7.37. The summed E-state index contributed by atoms with van der Waals surface area (Å²) in [5.41, 5.74) is 1.17. The average molecular weight is 622 g/mol. The topological polar surface area (TPSA) is 196 Å². The molecule has 0 unspecified atom stereocenters. The summed E-state index contributed by atoms with van der Waals surface area (Å²) in [5.74, 6) is -1.36. The molecule has 0 radical (unpaired) electrons. The third-order valence-corrected chi connectivity index (χ3v) is 8.36. The largest absolute Gasteiger partial charge is 0.463 e. The Kier molecular flexibility index (Phi) is 9.11. The number of hydrogen-bond donors (Lipinski definition) is 4. The molecular formula is C20H20ClN5O8S4. The number of carbonyl (C=O) groups is 2. The predicted molar refractivity (Wildman–Crippen MR) is 145 cm³/mol. The van der Waals surface area contributed by atoms with Crippen LogP contribution in [-0.4, -0.2) is 69.9 Å². The van der Waals surface area contributed by atoms with E-state index in [4.69, 9.17) is 26.3 Å². The maximum Gasteiger partial charge on any atom is 0.289 e. The molecule has 3 aromatic rings. The second-order valence-electron chi connectivity index (χ2n) is 7.53. The first-order valence-electron chi connectivity index (χ1n) is 10.2. The van der Waals surface area contributed by atoms with E-state index in [1.165, 1.54) is 6.07 Å². The first kappa shape index (κ1) is 29.5. The number of ether oxygens (including phenoxy) is 1. The van der Waals surface area contributed by atoms with Crippen molar-refractivity contribution in [3.8, 4) is 0 Å². The number of anilines is 3. The number of thiazole rings is 1. The predicted octanol–water partition coefficient (Wildman–Crippen LogP) is 3.04.